The minimum atomic E-state index is 0.277. The minimum Gasteiger partial charge on any atom is -0.357 e. The summed E-state index contributed by atoms with van der Waals surface area (Å²) in [4.78, 5) is 11.2. The largest absolute Gasteiger partial charge is 0.357 e. The molecule has 136 valence electrons. The maximum atomic E-state index is 5.27. The second kappa shape index (κ2) is 9.20. The fourth-order valence-corrected chi connectivity index (χ4v) is 2.37. The van der Waals surface area contributed by atoms with Crippen LogP contribution in [0.4, 0.5) is 0 Å². The van der Waals surface area contributed by atoms with Gasteiger partial charge in [-0.1, -0.05) is 48.8 Å². The van der Waals surface area contributed by atoms with E-state index in [2.05, 4.69) is 77.3 Å². The van der Waals surface area contributed by atoms with Gasteiger partial charge in [0.1, 0.15) is 0 Å². The van der Waals surface area contributed by atoms with Gasteiger partial charge in [0.25, 0.3) is 0 Å². The number of hydrogen-bond donors (Lipinski definition) is 1. The molecule has 0 atom stereocenters. The quantitative estimate of drug-likeness (QED) is 0.618. The molecular formula is C19H29N5O. The molecule has 1 heterocycles. The number of nitrogens with one attached hydrogen (secondary N) is 1. The first kappa shape index (κ1) is 19.0. The van der Waals surface area contributed by atoms with E-state index in [4.69, 9.17) is 4.52 Å². The second-order valence-corrected chi connectivity index (χ2v) is 6.53. The van der Waals surface area contributed by atoms with Crippen LogP contribution < -0.4 is 5.32 Å². The Kier molecular flexibility index (Phi) is 6.98. The molecule has 0 aliphatic heterocycles. The van der Waals surface area contributed by atoms with Gasteiger partial charge in [0.15, 0.2) is 11.8 Å². The van der Waals surface area contributed by atoms with Crippen LogP contribution in [-0.2, 0) is 13.0 Å². The Balaban J connectivity index is 1.95. The van der Waals surface area contributed by atoms with Crippen LogP contribution in [0.25, 0.3) is 0 Å². The fourth-order valence-electron chi connectivity index (χ4n) is 2.37. The van der Waals surface area contributed by atoms with Crippen LogP contribution in [0.2, 0.25) is 0 Å². The summed E-state index contributed by atoms with van der Waals surface area (Å²) in [7, 11) is 2.05. The molecule has 1 aromatic carbocycles. The Morgan fingerprint density at radius 3 is 2.60 bits per heavy atom. The van der Waals surface area contributed by atoms with Crippen LogP contribution in [0.3, 0.4) is 0 Å². The lowest BCUT2D eigenvalue weighted by atomic mass is 10.1. The van der Waals surface area contributed by atoms with Crippen molar-refractivity contribution in [2.24, 2.45) is 4.99 Å². The molecule has 0 spiro atoms. The zero-order valence-electron chi connectivity index (χ0n) is 15.9. The van der Waals surface area contributed by atoms with Crippen molar-refractivity contribution in [2.75, 3.05) is 20.1 Å². The molecule has 1 N–H and O–H groups in total. The summed E-state index contributed by atoms with van der Waals surface area (Å²) in [5, 5.41) is 7.32. The standard InChI is InChI=1S/C19H29N5O/c1-6-20-19(24(5)13-16-9-7-15(4)8-10-16)21-12-11-17-22-18(14(2)3)23-25-17/h7-10,14H,6,11-13H2,1-5H3,(H,20,21). The van der Waals surface area contributed by atoms with Crippen molar-refractivity contribution >= 4 is 5.96 Å². The summed E-state index contributed by atoms with van der Waals surface area (Å²) in [6.07, 6.45) is 0.646. The first-order valence-electron chi connectivity index (χ1n) is 8.87. The number of guanidine groups is 1. The van der Waals surface area contributed by atoms with Crippen molar-refractivity contribution in [3.63, 3.8) is 0 Å². The Hall–Kier alpha value is -2.37. The number of aliphatic imine (C=N–C) groups is 1. The summed E-state index contributed by atoms with van der Waals surface area (Å²) in [6.45, 7) is 10.5. The lowest BCUT2D eigenvalue weighted by molar-refractivity contribution is 0.372. The van der Waals surface area contributed by atoms with E-state index in [0.29, 0.717) is 18.9 Å². The van der Waals surface area contributed by atoms with Crippen molar-refractivity contribution < 1.29 is 4.52 Å². The molecular weight excluding hydrogens is 314 g/mol. The topological polar surface area (TPSA) is 66.5 Å². The van der Waals surface area contributed by atoms with Gasteiger partial charge in [0.2, 0.25) is 5.89 Å². The molecule has 25 heavy (non-hydrogen) atoms. The van der Waals surface area contributed by atoms with Gasteiger partial charge in [-0.25, -0.2) is 0 Å². The van der Waals surface area contributed by atoms with E-state index in [1.807, 2.05) is 7.05 Å². The summed E-state index contributed by atoms with van der Waals surface area (Å²) >= 11 is 0. The summed E-state index contributed by atoms with van der Waals surface area (Å²) in [5.41, 5.74) is 2.53. The zero-order valence-corrected chi connectivity index (χ0v) is 15.9. The van der Waals surface area contributed by atoms with Gasteiger partial charge in [-0.05, 0) is 19.4 Å². The number of aryl methyl sites for hydroxylation is 1. The van der Waals surface area contributed by atoms with Gasteiger partial charge in [-0.2, -0.15) is 4.98 Å². The monoisotopic (exact) mass is 343 g/mol. The average molecular weight is 343 g/mol. The molecule has 2 aromatic rings. The highest BCUT2D eigenvalue weighted by molar-refractivity contribution is 5.79. The highest BCUT2D eigenvalue weighted by Gasteiger charge is 2.10. The Bertz CT molecular complexity index is 675. The third kappa shape index (κ3) is 5.89. The summed E-state index contributed by atoms with van der Waals surface area (Å²) in [5.74, 6) is 2.55. The lowest BCUT2D eigenvalue weighted by Crippen LogP contribution is -2.38. The molecule has 0 unspecified atom stereocenters. The molecule has 0 aliphatic carbocycles. The summed E-state index contributed by atoms with van der Waals surface area (Å²) in [6, 6.07) is 8.58. The predicted molar refractivity (Wildman–Crippen MR) is 101 cm³/mol. The molecule has 0 saturated heterocycles. The smallest absolute Gasteiger partial charge is 0.228 e. The van der Waals surface area contributed by atoms with Crippen molar-refractivity contribution in [1.82, 2.24) is 20.4 Å². The minimum absolute atomic E-state index is 0.277. The highest BCUT2D eigenvalue weighted by atomic mass is 16.5. The highest BCUT2D eigenvalue weighted by Crippen LogP contribution is 2.10. The number of aromatic nitrogens is 2. The van der Waals surface area contributed by atoms with Crippen molar-refractivity contribution in [2.45, 2.75) is 46.6 Å². The molecule has 0 radical (unpaired) electrons. The molecule has 0 aliphatic rings. The van der Waals surface area contributed by atoms with Crippen LogP contribution >= 0.6 is 0 Å². The number of hydrogen-bond acceptors (Lipinski definition) is 4. The van der Waals surface area contributed by atoms with Gasteiger partial charge in [0, 0.05) is 32.5 Å². The fraction of sp³-hybridized carbons (Fsp3) is 0.526. The maximum Gasteiger partial charge on any atom is 0.228 e. The van der Waals surface area contributed by atoms with E-state index in [-0.39, 0.29) is 5.92 Å². The van der Waals surface area contributed by atoms with Gasteiger partial charge < -0.3 is 14.7 Å². The van der Waals surface area contributed by atoms with Gasteiger partial charge in [-0.15, -0.1) is 0 Å². The molecule has 1 aromatic heterocycles. The van der Waals surface area contributed by atoms with Crippen molar-refractivity contribution in [1.29, 1.82) is 0 Å². The van der Waals surface area contributed by atoms with Crippen LogP contribution in [0.15, 0.2) is 33.8 Å². The first-order valence-corrected chi connectivity index (χ1v) is 8.87. The van der Waals surface area contributed by atoms with E-state index in [1.54, 1.807) is 0 Å². The van der Waals surface area contributed by atoms with E-state index < -0.39 is 0 Å². The van der Waals surface area contributed by atoms with Gasteiger partial charge in [-0.3, -0.25) is 4.99 Å². The zero-order chi connectivity index (χ0) is 18.2. The first-order chi connectivity index (χ1) is 12.0. The summed E-state index contributed by atoms with van der Waals surface area (Å²) < 4.78 is 5.27. The second-order valence-electron chi connectivity index (χ2n) is 6.53. The van der Waals surface area contributed by atoms with E-state index in [1.165, 1.54) is 11.1 Å². The van der Waals surface area contributed by atoms with Crippen molar-refractivity contribution in [3.05, 3.63) is 47.1 Å². The number of benzene rings is 1. The third-order valence-corrected chi connectivity index (χ3v) is 3.82. The SMILES string of the molecule is CCNC(=NCCc1nc(C(C)C)no1)N(C)Cc1ccc(C)cc1. The van der Waals surface area contributed by atoms with Crippen LogP contribution in [-0.4, -0.2) is 41.1 Å². The molecule has 0 fully saturated rings. The average Bonchev–Trinajstić information content (AvgIpc) is 3.05. The van der Waals surface area contributed by atoms with Crippen LogP contribution in [0, 0.1) is 6.92 Å². The van der Waals surface area contributed by atoms with Crippen LogP contribution in [0.1, 0.15) is 49.5 Å². The normalized spacial score (nSPS) is 11.8. The van der Waals surface area contributed by atoms with Crippen LogP contribution in [0.5, 0.6) is 0 Å². The number of nitrogens with zero attached hydrogens (tertiary/aromatic N) is 4. The van der Waals surface area contributed by atoms with E-state index in [0.717, 1.165) is 24.9 Å². The van der Waals surface area contributed by atoms with Crippen molar-refractivity contribution in [3.8, 4) is 0 Å². The number of rotatable bonds is 7. The molecule has 0 saturated carbocycles. The molecule has 0 amide bonds. The molecule has 0 bridgehead atoms. The molecule has 2 rings (SSSR count). The maximum absolute atomic E-state index is 5.27. The Morgan fingerprint density at radius 2 is 2.00 bits per heavy atom. The Labute approximate surface area is 150 Å². The van der Waals surface area contributed by atoms with Gasteiger partial charge in [0.05, 0.1) is 6.54 Å². The predicted octanol–water partition coefficient (Wildman–Crippen LogP) is 3.14. The molecule has 6 nitrogen and oxygen atoms in total. The Morgan fingerprint density at radius 1 is 1.28 bits per heavy atom. The third-order valence-electron chi connectivity index (χ3n) is 3.82. The molecule has 6 heteroatoms. The lowest BCUT2D eigenvalue weighted by Gasteiger charge is -2.22. The van der Waals surface area contributed by atoms with E-state index in [9.17, 15) is 0 Å². The van der Waals surface area contributed by atoms with Gasteiger partial charge >= 0.3 is 0 Å². The van der Waals surface area contributed by atoms with E-state index >= 15 is 0 Å².